The van der Waals surface area contributed by atoms with E-state index in [2.05, 4.69) is 17.2 Å². The summed E-state index contributed by atoms with van der Waals surface area (Å²) in [6.45, 7) is 13.4. The van der Waals surface area contributed by atoms with E-state index in [9.17, 15) is 9.59 Å². The second-order valence-corrected chi connectivity index (χ2v) is 9.23. The molecule has 0 saturated heterocycles. The Balaban J connectivity index is 2.95. The van der Waals surface area contributed by atoms with Crippen molar-refractivity contribution in [3.63, 3.8) is 0 Å². The van der Waals surface area contributed by atoms with Gasteiger partial charge in [0.05, 0.1) is 24.1 Å². The van der Waals surface area contributed by atoms with Gasteiger partial charge in [0.1, 0.15) is 10.5 Å². The van der Waals surface area contributed by atoms with Crippen LogP contribution in [0.15, 0.2) is 6.07 Å². The van der Waals surface area contributed by atoms with E-state index in [0.29, 0.717) is 10.6 Å². The summed E-state index contributed by atoms with van der Waals surface area (Å²) in [5, 5.41) is 3.20. The van der Waals surface area contributed by atoms with Gasteiger partial charge in [-0.15, -0.1) is 11.3 Å². The van der Waals surface area contributed by atoms with E-state index < -0.39 is 11.6 Å². The molecule has 144 valence electrons. The van der Waals surface area contributed by atoms with Crippen LogP contribution >= 0.6 is 11.3 Å². The molecule has 1 atom stereocenters. The number of carbonyl (C=O) groups is 2. The summed E-state index contributed by atoms with van der Waals surface area (Å²) in [5.74, 6) is 5.54. The quantitative estimate of drug-likeness (QED) is 0.604. The first-order chi connectivity index (χ1) is 11.8. The Hall–Kier alpha value is -2.00. The molecule has 0 aromatic carbocycles. The summed E-state index contributed by atoms with van der Waals surface area (Å²) in [6.07, 6.45) is 0.191. The lowest BCUT2D eigenvalue weighted by Crippen LogP contribution is -2.28. The van der Waals surface area contributed by atoms with Gasteiger partial charge in [0.2, 0.25) is 0 Å². The average molecular weight is 380 g/mol. The number of thiophene rings is 1. The summed E-state index contributed by atoms with van der Waals surface area (Å²) >= 11 is 1.28. The van der Waals surface area contributed by atoms with Crippen molar-refractivity contribution < 1.29 is 19.1 Å². The van der Waals surface area contributed by atoms with Crippen LogP contribution < -0.4 is 5.32 Å². The van der Waals surface area contributed by atoms with Gasteiger partial charge in [-0.05, 0) is 54.5 Å². The van der Waals surface area contributed by atoms with E-state index in [0.717, 1.165) is 4.88 Å². The van der Waals surface area contributed by atoms with Crippen LogP contribution in [0.4, 0.5) is 5.69 Å². The molecule has 0 aliphatic rings. The SMILES string of the molecule is COC(=O)c1sc(C#CC(C)(C)C)cc1NC(C)CC(=O)OC(C)(C)C. The van der Waals surface area contributed by atoms with Gasteiger partial charge in [0, 0.05) is 11.5 Å². The van der Waals surface area contributed by atoms with Gasteiger partial charge in [-0.25, -0.2) is 4.79 Å². The molecule has 0 amide bonds. The highest BCUT2D eigenvalue weighted by molar-refractivity contribution is 7.15. The number of methoxy groups -OCH3 is 1. The molecule has 5 nitrogen and oxygen atoms in total. The Morgan fingerprint density at radius 3 is 2.35 bits per heavy atom. The second-order valence-electron chi connectivity index (χ2n) is 8.18. The maximum Gasteiger partial charge on any atom is 0.350 e. The second kappa shape index (κ2) is 8.59. The number of hydrogen-bond acceptors (Lipinski definition) is 6. The number of hydrogen-bond donors (Lipinski definition) is 1. The molecule has 0 bridgehead atoms. The molecule has 1 rings (SSSR count). The molecule has 0 radical (unpaired) electrons. The van der Waals surface area contributed by atoms with Crippen LogP contribution in [0.1, 0.15) is 69.4 Å². The van der Waals surface area contributed by atoms with Gasteiger partial charge >= 0.3 is 11.9 Å². The minimum atomic E-state index is -0.522. The minimum absolute atomic E-state index is 0.132. The fraction of sp³-hybridized carbons (Fsp3) is 0.600. The van der Waals surface area contributed by atoms with E-state index in [-0.39, 0.29) is 23.8 Å². The van der Waals surface area contributed by atoms with Gasteiger partial charge in [-0.1, -0.05) is 11.8 Å². The summed E-state index contributed by atoms with van der Waals surface area (Å²) in [6, 6.07) is 1.62. The van der Waals surface area contributed by atoms with Crippen molar-refractivity contribution in [2.24, 2.45) is 5.41 Å². The van der Waals surface area contributed by atoms with Crippen molar-refractivity contribution >= 4 is 29.0 Å². The van der Waals surface area contributed by atoms with Gasteiger partial charge in [-0.2, -0.15) is 0 Å². The van der Waals surface area contributed by atoms with Gasteiger partial charge < -0.3 is 14.8 Å². The third-order valence-corrected chi connectivity index (χ3v) is 3.99. The first-order valence-corrected chi connectivity index (χ1v) is 9.36. The minimum Gasteiger partial charge on any atom is -0.465 e. The van der Waals surface area contributed by atoms with Crippen LogP contribution in [-0.4, -0.2) is 30.7 Å². The van der Waals surface area contributed by atoms with Crippen LogP contribution in [0.3, 0.4) is 0 Å². The predicted octanol–water partition coefficient (Wildman–Crippen LogP) is 4.46. The highest BCUT2D eigenvalue weighted by Crippen LogP contribution is 2.29. The van der Waals surface area contributed by atoms with Crippen molar-refractivity contribution in [2.75, 3.05) is 12.4 Å². The predicted molar refractivity (Wildman–Crippen MR) is 106 cm³/mol. The first kappa shape index (κ1) is 22.0. The molecule has 0 spiro atoms. The Morgan fingerprint density at radius 2 is 1.85 bits per heavy atom. The first-order valence-electron chi connectivity index (χ1n) is 8.54. The number of nitrogens with one attached hydrogen (secondary N) is 1. The lowest BCUT2D eigenvalue weighted by molar-refractivity contribution is -0.154. The molecule has 1 aromatic rings. The summed E-state index contributed by atoms with van der Waals surface area (Å²) in [7, 11) is 1.34. The standard InChI is InChI=1S/C20H29NO4S/c1-13(11-16(22)25-20(5,6)7)21-15-12-14(9-10-19(2,3)4)26-17(15)18(23)24-8/h12-13,21H,11H2,1-8H3. The third-order valence-electron chi connectivity index (χ3n) is 2.96. The van der Waals surface area contributed by atoms with Crippen molar-refractivity contribution in [1.82, 2.24) is 0 Å². The van der Waals surface area contributed by atoms with E-state index >= 15 is 0 Å². The average Bonchev–Trinajstić information content (AvgIpc) is 2.84. The molecule has 0 saturated carbocycles. The molecule has 26 heavy (non-hydrogen) atoms. The number of ether oxygens (including phenoxy) is 2. The zero-order valence-corrected chi connectivity index (χ0v) is 17.7. The van der Waals surface area contributed by atoms with Crippen LogP contribution in [0.2, 0.25) is 0 Å². The summed E-state index contributed by atoms with van der Waals surface area (Å²) < 4.78 is 10.2. The highest BCUT2D eigenvalue weighted by Gasteiger charge is 2.21. The summed E-state index contributed by atoms with van der Waals surface area (Å²) in [4.78, 5) is 25.2. The zero-order valence-electron chi connectivity index (χ0n) is 16.9. The lowest BCUT2D eigenvalue weighted by Gasteiger charge is -2.21. The van der Waals surface area contributed by atoms with Crippen LogP contribution in [0, 0.1) is 17.3 Å². The number of rotatable bonds is 5. The fourth-order valence-corrected chi connectivity index (χ4v) is 2.90. The maximum absolute atomic E-state index is 12.0. The molecule has 0 aliphatic heterocycles. The molecule has 1 aromatic heterocycles. The smallest absolute Gasteiger partial charge is 0.350 e. The number of carbonyl (C=O) groups excluding carboxylic acids is 2. The zero-order chi connectivity index (χ0) is 20.1. The Bertz CT molecular complexity index is 711. The third kappa shape index (κ3) is 7.92. The van der Waals surface area contributed by atoms with Crippen LogP contribution in [0.25, 0.3) is 0 Å². The molecule has 1 N–H and O–H groups in total. The molecular formula is C20H29NO4S. The Kier molecular flexibility index (Phi) is 7.28. The van der Waals surface area contributed by atoms with Crippen LogP contribution in [-0.2, 0) is 14.3 Å². The molecule has 1 unspecified atom stereocenters. The molecule has 1 heterocycles. The van der Waals surface area contributed by atoms with E-state index in [4.69, 9.17) is 9.47 Å². The lowest BCUT2D eigenvalue weighted by atomic mass is 9.98. The highest BCUT2D eigenvalue weighted by atomic mass is 32.1. The van der Waals surface area contributed by atoms with Crippen molar-refractivity contribution in [2.45, 2.75) is 66.5 Å². The topological polar surface area (TPSA) is 64.6 Å². The van der Waals surface area contributed by atoms with Gasteiger partial charge in [0.15, 0.2) is 0 Å². The number of esters is 2. The number of anilines is 1. The van der Waals surface area contributed by atoms with Crippen LogP contribution in [0.5, 0.6) is 0 Å². The molecule has 0 aliphatic carbocycles. The van der Waals surface area contributed by atoms with E-state index in [1.165, 1.54) is 18.4 Å². The maximum atomic E-state index is 12.0. The van der Waals surface area contributed by atoms with E-state index in [1.54, 1.807) is 0 Å². The molecule has 6 heteroatoms. The monoisotopic (exact) mass is 379 g/mol. The van der Waals surface area contributed by atoms with Gasteiger partial charge in [-0.3, -0.25) is 4.79 Å². The molecule has 0 fully saturated rings. The Labute approximate surface area is 160 Å². The Morgan fingerprint density at radius 1 is 1.23 bits per heavy atom. The van der Waals surface area contributed by atoms with Crippen molar-refractivity contribution in [1.29, 1.82) is 0 Å². The van der Waals surface area contributed by atoms with E-state index in [1.807, 2.05) is 54.5 Å². The summed E-state index contributed by atoms with van der Waals surface area (Å²) in [5.41, 5.74) is -0.0323. The normalized spacial score (nSPS) is 12.6. The van der Waals surface area contributed by atoms with Gasteiger partial charge in [0.25, 0.3) is 0 Å². The van der Waals surface area contributed by atoms with Crippen molar-refractivity contribution in [3.05, 3.63) is 15.8 Å². The molecular weight excluding hydrogens is 350 g/mol. The fourth-order valence-electron chi connectivity index (χ4n) is 2.00. The largest absolute Gasteiger partial charge is 0.465 e. The van der Waals surface area contributed by atoms with Crippen molar-refractivity contribution in [3.8, 4) is 11.8 Å².